The smallest absolute Gasteiger partial charge is 0.323 e. The highest BCUT2D eigenvalue weighted by molar-refractivity contribution is 5.76. The number of hydrogen-bond donors (Lipinski definition) is 1. The van der Waals surface area contributed by atoms with Crippen molar-refractivity contribution in [1.29, 1.82) is 0 Å². The summed E-state index contributed by atoms with van der Waals surface area (Å²) in [5, 5.41) is 3.05. The van der Waals surface area contributed by atoms with Crippen molar-refractivity contribution in [3.05, 3.63) is 0 Å². The van der Waals surface area contributed by atoms with Gasteiger partial charge in [-0.2, -0.15) is 0 Å². The number of carbonyl (C=O) groups excluding carboxylic acids is 1. The normalized spacial score (nSPS) is 27.0. The van der Waals surface area contributed by atoms with E-state index in [4.69, 9.17) is 11.2 Å². The number of nitrogens with one attached hydrogen (secondary N) is 1. The van der Waals surface area contributed by atoms with Crippen LogP contribution in [-0.4, -0.2) is 23.7 Å². The quantitative estimate of drug-likeness (QED) is 0.502. The maximum absolute atomic E-state index is 11.6. The van der Waals surface area contributed by atoms with Gasteiger partial charge in [0.05, 0.1) is 6.04 Å². The second-order valence-corrected chi connectivity index (χ2v) is 4.55. The van der Waals surface area contributed by atoms with Crippen LogP contribution < -0.4 is 5.32 Å². The first-order valence-electron chi connectivity index (χ1n) is 4.87. The van der Waals surface area contributed by atoms with E-state index in [-0.39, 0.29) is 18.1 Å². The van der Waals surface area contributed by atoms with Crippen LogP contribution in [0.5, 0.6) is 0 Å². The van der Waals surface area contributed by atoms with Gasteiger partial charge in [0.2, 0.25) is 0 Å². The molecule has 1 aliphatic heterocycles. The molecule has 0 unspecified atom stereocenters. The molecule has 0 aromatic heterocycles. The largest absolute Gasteiger partial charge is 0.459 e. The van der Waals surface area contributed by atoms with Crippen LogP contribution in [0.4, 0.5) is 0 Å². The molecule has 0 radical (unpaired) electrons. The van der Waals surface area contributed by atoms with E-state index in [2.05, 4.69) is 11.2 Å². The number of carbonyl (C=O) groups is 1. The van der Waals surface area contributed by atoms with E-state index in [1.54, 1.807) is 0 Å². The molecule has 2 atom stereocenters. The van der Waals surface area contributed by atoms with Crippen molar-refractivity contribution < 1.29 is 9.53 Å². The third kappa shape index (κ3) is 3.04. The van der Waals surface area contributed by atoms with Gasteiger partial charge in [-0.25, -0.2) is 0 Å². The van der Waals surface area contributed by atoms with Gasteiger partial charge in [0, 0.05) is 0 Å². The Bertz CT molecular complexity index is 259. The van der Waals surface area contributed by atoms with Crippen LogP contribution in [0.15, 0.2) is 0 Å². The summed E-state index contributed by atoms with van der Waals surface area (Å²) in [4.78, 5) is 11.6. The van der Waals surface area contributed by atoms with Crippen LogP contribution in [0.1, 0.15) is 33.6 Å². The molecule has 1 heterocycles. The van der Waals surface area contributed by atoms with Crippen LogP contribution in [0.25, 0.3) is 0 Å². The van der Waals surface area contributed by atoms with E-state index in [1.165, 1.54) is 0 Å². The summed E-state index contributed by atoms with van der Waals surface area (Å²) >= 11 is 0. The number of terminal acetylenes is 1. The Morgan fingerprint density at radius 2 is 2.14 bits per heavy atom. The molecule has 1 fully saturated rings. The fourth-order valence-electron chi connectivity index (χ4n) is 1.43. The maximum atomic E-state index is 11.6. The van der Waals surface area contributed by atoms with Gasteiger partial charge >= 0.3 is 5.97 Å². The lowest BCUT2D eigenvalue weighted by molar-refractivity contribution is -0.157. The van der Waals surface area contributed by atoms with Crippen molar-refractivity contribution in [3.8, 4) is 12.3 Å². The Balaban J connectivity index is 2.45. The molecule has 1 aliphatic rings. The molecule has 1 saturated heterocycles. The molecule has 3 heteroatoms. The van der Waals surface area contributed by atoms with Crippen molar-refractivity contribution in [2.45, 2.75) is 51.3 Å². The molecule has 0 saturated carbocycles. The van der Waals surface area contributed by atoms with Crippen molar-refractivity contribution in [3.63, 3.8) is 0 Å². The van der Waals surface area contributed by atoms with Crippen LogP contribution in [0, 0.1) is 12.3 Å². The van der Waals surface area contributed by atoms with Crippen LogP contribution in [0.2, 0.25) is 0 Å². The first-order chi connectivity index (χ1) is 6.42. The van der Waals surface area contributed by atoms with Gasteiger partial charge in [0.15, 0.2) is 0 Å². The topological polar surface area (TPSA) is 38.3 Å². The number of hydrogen-bond acceptors (Lipinski definition) is 3. The Morgan fingerprint density at radius 1 is 1.50 bits per heavy atom. The van der Waals surface area contributed by atoms with Crippen molar-refractivity contribution in [2.75, 3.05) is 0 Å². The summed E-state index contributed by atoms with van der Waals surface area (Å²) in [6.07, 6.45) is 6.87. The van der Waals surface area contributed by atoms with Crippen LogP contribution >= 0.6 is 0 Å². The van der Waals surface area contributed by atoms with E-state index in [1.807, 2.05) is 20.8 Å². The lowest BCUT2D eigenvalue weighted by Crippen LogP contribution is -2.39. The summed E-state index contributed by atoms with van der Waals surface area (Å²) in [5.74, 6) is 2.39. The molecule has 0 amide bonds. The molecule has 0 aliphatic carbocycles. The Kier molecular flexibility index (Phi) is 3.17. The van der Waals surface area contributed by atoms with Gasteiger partial charge in [0.1, 0.15) is 11.6 Å². The number of rotatable bonds is 1. The molecule has 3 nitrogen and oxygen atoms in total. The van der Waals surface area contributed by atoms with Crippen LogP contribution in [0.3, 0.4) is 0 Å². The Hall–Kier alpha value is -1.01. The monoisotopic (exact) mass is 195 g/mol. The highest BCUT2D eigenvalue weighted by Crippen LogP contribution is 2.16. The third-order valence-corrected chi connectivity index (χ3v) is 2.04. The molecule has 1 N–H and O–H groups in total. The molecule has 78 valence electrons. The highest BCUT2D eigenvalue weighted by atomic mass is 16.6. The SMILES string of the molecule is C#C[C@H]1CC[C@@H](C(=O)OC(C)(C)C)N1. The third-order valence-electron chi connectivity index (χ3n) is 2.04. The fourth-order valence-corrected chi connectivity index (χ4v) is 1.43. The van der Waals surface area contributed by atoms with E-state index in [0.717, 1.165) is 12.8 Å². The van der Waals surface area contributed by atoms with Crippen molar-refractivity contribution in [1.82, 2.24) is 5.32 Å². The number of ether oxygens (including phenoxy) is 1. The predicted octanol–water partition coefficient (Wildman–Crippen LogP) is 1.08. The zero-order valence-corrected chi connectivity index (χ0v) is 8.96. The zero-order chi connectivity index (χ0) is 10.8. The lowest BCUT2D eigenvalue weighted by Gasteiger charge is -2.22. The minimum absolute atomic E-state index is 0.0209. The molecular formula is C11H17NO2. The van der Waals surface area contributed by atoms with E-state index in [9.17, 15) is 4.79 Å². The Labute approximate surface area is 85.2 Å². The summed E-state index contributed by atoms with van der Waals surface area (Å²) in [7, 11) is 0. The molecule has 0 aromatic rings. The molecular weight excluding hydrogens is 178 g/mol. The zero-order valence-electron chi connectivity index (χ0n) is 8.96. The van der Waals surface area contributed by atoms with E-state index >= 15 is 0 Å². The molecule has 0 spiro atoms. The van der Waals surface area contributed by atoms with Gasteiger partial charge in [-0.3, -0.25) is 10.1 Å². The maximum Gasteiger partial charge on any atom is 0.323 e. The standard InChI is InChI=1S/C11H17NO2/c1-5-8-6-7-9(12-8)10(13)14-11(2,3)4/h1,8-9,12H,6-7H2,2-4H3/t8-,9-/m0/s1. The van der Waals surface area contributed by atoms with Gasteiger partial charge in [-0.1, -0.05) is 5.92 Å². The van der Waals surface area contributed by atoms with Crippen molar-refractivity contribution in [2.24, 2.45) is 0 Å². The molecule has 0 bridgehead atoms. The fraction of sp³-hybridized carbons (Fsp3) is 0.727. The molecule has 1 rings (SSSR count). The van der Waals surface area contributed by atoms with E-state index < -0.39 is 5.60 Å². The first kappa shape index (κ1) is 11.1. The summed E-state index contributed by atoms with van der Waals surface area (Å²) in [6, 6.07) is -0.206. The summed E-state index contributed by atoms with van der Waals surface area (Å²) < 4.78 is 5.24. The van der Waals surface area contributed by atoms with Gasteiger partial charge in [0.25, 0.3) is 0 Å². The van der Waals surface area contributed by atoms with Crippen LogP contribution in [-0.2, 0) is 9.53 Å². The first-order valence-corrected chi connectivity index (χ1v) is 4.87. The molecule has 0 aromatic carbocycles. The highest BCUT2D eigenvalue weighted by Gasteiger charge is 2.31. The van der Waals surface area contributed by atoms with Gasteiger partial charge < -0.3 is 4.74 Å². The minimum Gasteiger partial charge on any atom is -0.459 e. The Morgan fingerprint density at radius 3 is 2.57 bits per heavy atom. The summed E-state index contributed by atoms with van der Waals surface area (Å²) in [6.45, 7) is 5.58. The number of esters is 1. The predicted molar refractivity (Wildman–Crippen MR) is 54.6 cm³/mol. The molecule has 14 heavy (non-hydrogen) atoms. The second-order valence-electron chi connectivity index (χ2n) is 4.55. The minimum atomic E-state index is -0.424. The van der Waals surface area contributed by atoms with Crippen molar-refractivity contribution >= 4 is 5.97 Å². The second kappa shape index (κ2) is 4.02. The van der Waals surface area contributed by atoms with Gasteiger partial charge in [-0.15, -0.1) is 6.42 Å². The average Bonchev–Trinajstić information content (AvgIpc) is 2.48. The summed E-state index contributed by atoms with van der Waals surface area (Å²) in [5.41, 5.74) is -0.424. The van der Waals surface area contributed by atoms with Gasteiger partial charge in [-0.05, 0) is 33.6 Å². The average molecular weight is 195 g/mol. The van der Waals surface area contributed by atoms with E-state index in [0.29, 0.717) is 0 Å². The lowest BCUT2D eigenvalue weighted by atomic mass is 10.1.